The van der Waals surface area contributed by atoms with Gasteiger partial charge in [-0.2, -0.15) is 0 Å². The Kier molecular flexibility index (Phi) is 6.15. The zero-order chi connectivity index (χ0) is 16.0. The van der Waals surface area contributed by atoms with E-state index in [-0.39, 0.29) is 11.8 Å². The third-order valence-electron chi connectivity index (χ3n) is 3.57. The van der Waals surface area contributed by atoms with Gasteiger partial charge in [-0.3, -0.25) is 9.59 Å². The van der Waals surface area contributed by atoms with Crippen molar-refractivity contribution < 1.29 is 9.59 Å². The van der Waals surface area contributed by atoms with E-state index in [9.17, 15) is 9.59 Å². The summed E-state index contributed by atoms with van der Waals surface area (Å²) in [4.78, 5) is 25.5. The van der Waals surface area contributed by atoms with Crippen LogP contribution in [0.4, 0.5) is 5.69 Å². The SMILES string of the molecule is C=CCN(C(C)=O)C(C)C(=O)Nc1c(C)cccc1CC. The van der Waals surface area contributed by atoms with Gasteiger partial charge >= 0.3 is 0 Å². The maximum absolute atomic E-state index is 12.4. The Hall–Kier alpha value is -2.10. The topological polar surface area (TPSA) is 49.4 Å². The Morgan fingerprint density at radius 3 is 2.62 bits per heavy atom. The molecule has 1 atom stereocenters. The zero-order valence-corrected chi connectivity index (χ0v) is 13.3. The van der Waals surface area contributed by atoms with Crippen LogP contribution in [-0.4, -0.2) is 29.3 Å². The lowest BCUT2D eigenvalue weighted by atomic mass is 10.1. The number of nitrogens with zero attached hydrogens (tertiary/aromatic N) is 1. The third kappa shape index (κ3) is 4.18. The average molecular weight is 288 g/mol. The van der Waals surface area contributed by atoms with E-state index in [4.69, 9.17) is 0 Å². The van der Waals surface area contributed by atoms with Crippen LogP contribution in [-0.2, 0) is 16.0 Å². The molecule has 0 aliphatic rings. The maximum Gasteiger partial charge on any atom is 0.246 e. The zero-order valence-electron chi connectivity index (χ0n) is 13.3. The van der Waals surface area contributed by atoms with E-state index in [2.05, 4.69) is 11.9 Å². The fourth-order valence-electron chi connectivity index (χ4n) is 2.27. The van der Waals surface area contributed by atoms with Gasteiger partial charge in [-0.25, -0.2) is 0 Å². The largest absolute Gasteiger partial charge is 0.327 e. The Balaban J connectivity index is 2.95. The Morgan fingerprint density at radius 1 is 1.43 bits per heavy atom. The van der Waals surface area contributed by atoms with Gasteiger partial charge in [0.05, 0.1) is 0 Å². The van der Waals surface area contributed by atoms with Crippen LogP contribution in [0.5, 0.6) is 0 Å². The molecule has 0 aliphatic carbocycles. The van der Waals surface area contributed by atoms with Gasteiger partial charge in [0.25, 0.3) is 0 Å². The number of carbonyl (C=O) groups excluding carboxylic acids is 2. The molecule has 0 spiro atoms. The number of amides is 2. The number of carbonyl (C=O) groups is 2. The monoisotopic (exact) mass is 288 g/mol. The minimum absolute atomic E-state index is 0.141. The molecule has 1 aromatic carbocycles. The number of anilines is 1. The summed E-state index contributed by atoms with van der Waals surface area (Å²) in [6.45, 7) is 11.2. The first-order chi connectivity index (χ1) is 9.92. The summed E-state index contributed by atoms with van der Waals surface area (Å²) in [6, 6.07) is 5.41. The van der Waals surface area contributed by atoms with Crippen molar-refractivity contribution in [1.29, 1.82) is 0 Å². The molecule has 114 valence electrons. The Morgan fingerprint density at radius 2 is 2.10 bits per heavy atom. The molecule has 2 amide bonds. The number of para-hydroxylation sites is 1. The number of hydrogen-bond acceptors (Lipinski definition) is 2. The van der Waals surface area contributed by atoms with Crippen molar-refractivity contribution in [3.63, 3.8) is 0 Å². The van der Waals surface area contributed by atoms with Crippen LogP contribution in [0.15, 0.2) is 30.9 Å². The molecule has 1 aromatic rings. The molecule has 0 bridgehead atoms. The molecule has 0 aliphatic heterocycles. The molecule has 0 saturated carbocycles. The average Bonchev–Trinajstić information content (AvgIpc) is 2.45. The summed E-state index contributed by atoms with van der Waals surface area (Å²) in [5.41, 5.74) is 2.96. The fourth-order valence-corrected chi connectivity index (χ4v) is 2.27. The summed E-state index contributed by atoms with van der Waals surface area (Å²) in [7, 11) is 0. The summed E-state index contributed by atoms with van der Waals surface area (Å²) in [5.74, 6) is -0.325. The molecule has 4 heteroatoms. The minimum atomic E-state index is -0.537. The van der Waals surface area contributed by atoms with Crippen molar-refractivity contribution in [3.8, 4) is 0 Å². The first kappa shape index (κ1) is 17.0. The molecule has 1 unspecified atom stereocenters. The van der Waals surface area contributed by atoms with Gasteiger partial charge in [0.15, 0.2) is 0 Å². The smallest absolute Gasteiger partial charge is 0.246 e. The van der Waals surface area contributed by atoms with Gasteiger partial charge < -0.3 is 10.2 Å². The standard InChI is InChI=1S/C17H24N2O2/c1-6-11-19(14(5)20)13(4)17(21)18-16-12(3)9-8-10-15(16)7-2/h6,8-10,13H,1,7,11H2,2-5H3,(H,18,21). The molecule has 0 heterocycles. The predicted molar refractivity (Wildman–Crippen MR) is 86.2 cm³/mol. The lowest BCUT2D eigenvalue weighted by molar-refractivity contribution is -0.135. The van der Waals surface area contributed by atoms with Gasteiger partial charge in [0, 0.05) is 19.2 Å². The van der Waals surface area contributed by atoms with E-state index in [1.807, 2.05) is 32.0 Å². The van der Waals surface area contributed by atoms with Crippen molar-refractivity contribution in [2.45, 2.75) is 40.2 Å². The second-order valence-corrected chi connectivity index (χ2v) is 5.09. The normalized spacial score (nSPS) is 11.6. The van der Waals surface area contributed by atoms with E-state index in [0.29, 0.717) is 6.54 Å². The first-order valence-corrected chi connectivity index (χ1v) is 7.19. The van der Waals surface area contributed by atoms with Gasteiger partial charge in [-0.1, -0.05) is 31.2 Å². The number of rotatable bonds is 6. The van der Waals surface area contributed by atoms with Crippen molar-refractivity contribution in [1.82, 2.24) is 4.90 Å². The van der Waals surface area contributed by atoms with Crippen molar-refractivity contribution in [3.05, 3.63) is 42.0 Å². The second kappa shape index (κ2) is 7.62. The molecule has 21 heavy (non-hydrogen) atoms. The molecular weight excluding hydrogens is 264 g/mol. The minimum Gasteiger partial charge on any atom is -0.327 e. The number of benzene rings is 1. The second-order valence-electron chi connectivity index (χ2n) is 5.09. The van der Waals surface area contributed by atoms with E-state index in [1.54, 1.807) is 13.0 Å². The quantitative estimate of drug-likeness (QED) is 0.818. The number of nitrogens with one attached hydrogen (secondary N) is 1. The van der Waals surface area contributed by atoms with Crippen LogP contribution in [0.3, 0.4) is 0 Å². The molecular formula is C17H24N2O2. The van der Waals surface area contributed by atoms with Gasteiger partial charge in [-0.05, 0) is 31.4 Å². The van der Waals surface area contributed by atoms with Crippen LogP contribution in [0, 0.1) is 6.92 Å². The predicted octanol–water partition coefficient (Wildman–Crippen LogP) is 2.92. The van der Waals surface area contributed by atoms with Gasteiger partial charge in [-0.15, -0.1) is 6.58 Å². The van der Waals surface area contributed by atoms with Gasteiger partial charge in [0.1, 0.15) is 6.04 Å². The molecule has 4 nitrogen and oxygen atoms in total. The van der Waals surface area contributed by atoms with Gasteiger partial charge in [0.2, 0.25) is 11.8 Å². The lowest BCUT2D eigenvalue weighted by Gasteiger charge is -2.26. The highest BCUT2D eigenvalue weighted by molar-refractivity contribution is 5.97. The van der Waals surface area contributed by atoms with Crippen LogP contribution < -0.4 is 5.32 Å². The maximum atomic E-state index is 12.4. The third-order valence-corrected chi connectivity index (χ3v) is 3.57. The summed E-state index contributed by atoms with van der Waals surface area (Å²) in [5, 5.41) is 2.96. The number of aryl methyl sites for hydroxylation is 2. The van der Waals surface area contributed by atoms with Crippen LogP contribution in [0.1, 0.15) is 31.9 Å². The summed E-state index contributed by atoms with van der Waals surface area (Å²) < 4.78 is 0. The number of hydrogen-bond donors (Lipinski definition) is 1. The Labute approximate surface area is 126 Å². The molecule has 1 rings (SSSR count). The molecule has 0 aromatic heterocycles. The molecule has 0 radical (unpaired) electrons. The lowest BCUT2D eigenvalue weighted by Crippen LogP contribution is -2.44. The van der Waals surface area contributed by atoms with Crippen LogP contribution in [0.25, 0.3) is 0 Å². The fraction of sp³-hybridized carbons (Fsp3) is 0.412. The summed E-state index contributed by atoms with van der Waals surface area (Å²) >= 11 is 0. The Bertz CT molecular complexity index is 538. The highest BCUT2D eigenvalue weighted by Gasteiger charge is 2.23. The van der Waals surface area contributed by atoms with E-state index in [0.717, 1.165) is 23.2 Å². The summed E-state index contributed by atoms with van der Waals surface area (Å²) in [6.07, 6.45) is 2.46. The van der Waals surface area contributed by atoms with Crippen molar-refractivity contribution >= 4 is 17.5 Å². The highest BCUT2D eigenvalue weighted by Crippen LogP contribution is 2.21. The van der Waals surface area contributed by atoms with E-state index < -0.39 is 6.04 Å². The first-order valence-electron chi connectivity index (χ1n) is 7.19. The molecule has 0 saturated heterocycles. The molecule has 0 fully saturated rings. The highest BCUT2D eigenvalue weighted by atomic mass is 16.2. The van der Waals surface area contributed by atoms with Crippen molar-refractivity contribution in [2.24, 2.45) is 0 Å². The van der Waals surface area contributed by atoms with Crippen LogP contribution >= 0.6 is 0 Å². The van der Waals surface area contributed by atoms with E-state index >= 15 is 0 Å². The van der Waals surface area contributed by atoms with Crippen LogP contribution in [0.2, 0.25) is 0 Å². The molecule has 1 N–H and O–H groups in total. The van der Waals surface area contributed by atoms with E-state index in [1.165, 1.54) is 11.8 Å². The van der Waals surface area contributed by atoms with Crippen molar-refractivity contribution in [2.75, 3.05) is 11.9 Å².